The maximum absolute atomic E-state index is 13.5. The molecule has 2 amide bonds. The standard InChI is InChI=1S/C13H15FN4O3/c14-8-1-2-9(10(11(8)15)12(19)20)17-3-4-18-7(6-17)5-16-13(18)21/h1-2,7H,3-6,15H2,(H,16,21)(H,19,20). The lowest BCUT2D eigenvalue weighted by Crippen LogP contribution is -2.52. The molecular formula is C13H15FN4O3. The van der Waals surface area contributed by atoms with E-state index in [9.17, 15) is 19.1 Å². The SMILES string of the molecule is Nc1c(F)ccc(N2CCN3C(=O)NCC3C2)c1C(=O)O. The molecule has 0 radical (unpaired) electrons. The van der Waals surface area contributed by atoms with E-state index in [1.54, 1.807) is 4.90 Å². The third-order valence-electron chi connectivity index (χ3n) is 3.96. The van der Waals surface area contributed by atoms with Crippen molar-refractivity contribution in [1.82, 2.24) is 10.2 Å². The highest BCUT2D eigenvalue weighted by Crippen LogP contribution is 2.30. The quantitative estimate of drug-likeness (QED) is 0.682. The first kappa shape index (κ1) is 13.5. The summed E-state index contributed by atoms with van der Waals surface area (Å²) < 4.78 is 13.5. The summed E-state index contributed by atoms with van der Waals surface area (Å²) in [6.07, 6.45) is 0. The Morgan fingerprint density at radius 1 is 1.43 bits per heavy atom. The largest absolute Gasteiger partial charge is 0.478 e. The molecule has 8 heteroatoms. The van der Waals surface area contributed by atoms with Crippen LogP contribution in [0.2, 0.25) is 0 Å². The summed E-state index contributed by atoms with van der Waals surface area (Å²) in [5.74, 6) is -2.00. The number of carbonyl (C=O) groups is 2. The van der Waals surface area contributed by atoms with Crippen LogP contribution in [0.1, 0.15) is 10.4 Å². The number of hydrogen-bond donors (Lipinski definition) is 3. The molecular weight excluding hydrogens is 279 g/mol. The molecule has 2 aliphatic rings. The monoisotopic (exact) mass is 294 g/mol. The van der Waals surface area contributed by atoms with Crippen molar-refractivity contribution in [3.63, 3.8) is 0 Å². The molecule has 0 aromatic heterocycles. The van der Waals surface area contributed by atoms with Crippen molar-refractivity contribution in [3.05, 3.63) is 23.5 Å². The van der Waals surface area contributed by atoms with Gasteiger partial charge in [-0.25, -0.2) is 14.0 Å². The molecule has 1 aromatic carbocycles. The zero-order valence-electron chi connectivity index (χ0n) is 11.2. The summed E-state index contributed by atoms with van der Waals surface area (Å²) in [5, 5.41) is 12.0. The number of rotatable bonds is 2. The third kappa shape index (κ3) is 2.12. The van der Waals surface area contributed by atoms with Crippen LogP contribution in [0.4, 0.5) is 20.6 Å². The highest BCUT2D eigenvalue weighted by Gasteiger charge is 2.36. The number of aromatic carboxylic acids is 1. The Hall–Kier alpha value is -2.51. The Balaban J connectivity index is 1.93. The lowest BCUT2D eigenvalue weighted by Gasteiger charge is -2.38. The van der Waals surface area contributed by atoms with Crippen LogP contribution >= 0.6 is 0 Å². The maximum Gasteiger partial charge on any atom is 0.340 e. The Bertz CT molecular complexity index is 622. The number of urea groups is 1. The number of halogens is 1. The molecule has 0 spiro atoms. The highest BCUT2D eigenvalue weighted by atomic mass is 19.1. The van der Waals surface area contributed by atoms with Gasteiger partial charge in [-0.15, -0.1) is 0 Å². The molecule has 2 saturated heterocycles. The van der Waals surface area contributed by atoms with E-state index < -0.39 is 11.8 Å². The van der Waals surface area contributed by atoms with E-state index in [0.717, 1.165) is 0 Å². The molecule has 0 saturated carbocycles. The van der Waals surface area contributed by atoms with Gasteiger partial charge in [0.1, 0.15) is 11.4 Å². The summed E-state index contributed by atoms with van der Waals surface area (Å²) in [7, 11) is 0. The molecule has 1 unspecified atom stereocenters. The van der Waals surface area contributed by atoms with Gasteiger partial charge in [0.2, 0.25) is 0 Å². The number of hydrogen-bond acceptors (Lipinski definition) is 4. The first-order valence-corrected chi connectivity index (χ1v) is 6.59. The van der Waals surface area contributed by atoms with Crippen LogP contribution in [0.3, 0.4) is 0 Å². The number of nitrogen functional groups attached to an aromatic ring is 1. The van der Waals surface area contributed by atoms with Gasteiger partial charge in [0.15, 0.2) is 0 Å². The average molecular weight is 294 g/mol. The second kappa shape index (κ2) is 4.80. The minimum absolute atomic E-state index is 0.0147. The van der Waals surface area contributed by atoms with Gasteiger partial charge in [0.25, 0.3) is 0 Å². The van der Waals surface area contributed by atoms with Crippen LogP contribution in [0.25, 0.3) is 0 Å². The van der Waals surface area contributed by atoms with Gasteiger partial charge in [0.05, 0.1) is 17.4 Å². The minimum Gasteiger partial charge on any atom is -0.478 e. The predicted molar refractivity (Wildman–Crippen MR) is 73.9 cm³/mol. The normalized spacial score (nSPS) is 21.2. The average Bonchev–Trinajstić information content (AvgIpc) is 2.82. The second-order valence-electron chi connectivity index (χ2n) is 5.14. The van der Waals surface area contributed by atoms with E-state index >= 15 is 0 Å². The van der Waals surface area contributed by atoms with Crippen LogP contribution in [0.15, 0.2) is 12.1 Å². The number of amides is 2. The van der Waals surface area contributed by atoms with Gasteiger partial charge < -0.3 is 26.0 Å². The van der Waals surface area contributed by atoms with E-state index in [-0.39, 0.29) is 23.3 Å². The number of carbonyl (C=O) groups excluding carboxylic acids is 1. The maximum atomic E-state index is 13.5. The Morgan fingerprint density at radius 3 is 2.90 bits per heavy atom. The van der Waals surface area contributed by atoms with Crippen molar-refractivity contribution in [2.45, 2.75) is 6.04 Å². The summed E-state index contributed by atoms with van der Waals surface area (Å²) in [4.78, 5) is 26.5. The molecule has 21 heavy (non-hydrogen) atoms. The zero-order valence-corrected chi connectivity index (χ0v) is 11.2. The second-order valence-corrected chi connectivity index (χ2v) is 5.14. The van der Waals surface area contributed by atoms with Crippen LogP contribution < -0.4 is 16.0 Å². The topological polar surface area (TPSA) is 98.9 Å². The summed E-state index contributed by atoms with van der Waals surface area (Å²) in [6.45, 7) is 1.99. The highest BCUT2D eigenvalue weighted by molar-refractivity contribution is 6.00. The lowest BCUT2D eigenvalue weighted by atomic mass is 10.1. The van der Waals surface area contributed by atoms with Crippen molar-refractivity contribution >= 4 is 23.4 Å². The molecule has 2 fully saturated rings. The summed E-state index contributed by atoms with van der Waals surface area (Å²) in [5.41, 5.74) is 5.37. The fourth-order valence-corrected chi connectivity index (χ4v) is 2.89. The number of carboxylic acid groups (broad SMARTS) is 1. The van der Waals surface area contributed by atoms with Crippen LogP contribution in [-0.2, 0) is 0 Å². The van der Waals surface area contributed by atoms with E-state index in [1.807, 2.05) is 4.90 Å². The van der Waals surface area contributed by atoms with Gasteiger partial charge >= 0.3 is 12.0 Å². The van der Waals surface area contributed by atoms with Crippen molar-refractivity contribution < 1.29 is 19.1 Å². The van der Waals surface area contributed by atoms with Crippen molar-refractivity contribution in [1.29, 1.82) is 0 Å². The summed E-state index contributed by atoms with van der Waals surface area (Å²) >= 11 is 0. The van der Waals surface area contributed by atoms with Crippen molar-refractivity contribution in [2.75, 3.05) is 36.8 Å². The van der Waals surface area contributed by atoms with Crippen LogP contribution in [0.5, 0.6) is 0 Å². The molecule has 4 N–H and O–H groups in total. The Kier molecular flexibility index (Phi) is 3.08. The first-order chi connectivity index (χ1) is 9.99. The fourth-order valence-electron chi connectivity index (χ4n) is 2.89. The third-order valence-corrected chi connectivity index (χ3v) is 3.96. The van der Waals surface area contributed by atoms with E-state index in [0.29, 0.717) is 31.9 Å². The number of benzene rings is 1. The zero-order chi connectivity index (χ0) is 15.1. The molecule has 1 aromatic rings. The number of nitrogens with one attached hydrogen (secondary N) is 1. The number of nitrogens with zero attached hydrogens (tertiary/aromatic N) is 2. The van der Waals surface area contributed by atoms with Crippen molar-refractivity contribution in [3.8, 4) is 0 Å². The van der Waals surface area contributed by atoms with E-state index in [1.165, 1.54) is 12.1 Å². The molecule has 3 rings (SSSR count). The molecule has 2 aliphatic heterocycles. The molecule has 112 valence electrons. The summed E-state index contributed by atoms with van der Waals surface area (Å²) in [6, 6.07) is 2.48. The van der Waals surface area contributed by atoms with Gasteiger partial charge in [-0.05, 0) is 12.1 Å². The van der Waals surface area contributed by atoms with Gasteiger partial charge in [-0.2, -0.15) is 0 Å². The number of carboxylic acids is 1. The van der Waals surface area contributed by atoms with E-state index in [2.05, 4.69) is 5.32 Å². The fraction of sp³-hybridized carbons (Fsp3) is 0.385. The molecule has 1 atom stereocenters. The first-order valence-electron chi connectivity index (χ1n) is 6.59. The number of anilines is 2. The Labute approximate surface area is 120 Å². The van der Waals surface area contributed by atoms with E-state index in [4.69, 9.17) is 5.73 Å². The number of fused-ring (bicyclic) bond motifs is 1. The number of nitrogens with two attached hydrogens (primary N) is 1. The van der Waals surface area contributed by atoms with Gasteiger partial charge in [-0.3, -0.25) is 0 Å². The molecule has 2 heterocycles. The Morgan fingerprint density at radius 2 is 2.19 bits per heavy atom. The minimum atomic E-state index is -1.26. The van der Waals surface area contributed by atoms with Crippen LogP contribution in [0, 0.1) is 5.82 Å². The van der Waals surface area contributed by atoms with Crippen molar-refractivity contribution in [2.24, 2.45) is 0 Å². The van der Waals surface area contributed by atoms with Gasteiger partial charge in [0, 0.05) is 26.2 Å². The molecule has 7 nitrogen and oxygen atoms in total. The van der Waals surface area contributed by atoms with Gasteiger partial charge in [-0.1, -0.05) is 0 Å². The van der Waals surface area contributed by atoms with Crippen LogP contribution in [-0.4, -0.2) is 54.2 Å². The smallest absolute Gasteiger partial charge is 0.340 e. The molecule has 0 aliphatic carbocycles. The lowest BCUT2D eigenvalue weighted by molar-refractivity contribution is 0.0698. The number of piperazine rings is 1. The molecule has 0 bridgehead atoms. The predicted octanol–water partition coefficient (Wildman–Crippen LogP) is 0.320.